The highest BCUT2D eigenvalue weighted by atomic mass is 32.2. The number of hydrogen-bond acceptors (Lipinski definition) is 6. The number of ether oxygens (including phenoxy) is 2. The molecule has 0 heterocycles. The summed E-state index contributed by atoms with van der Waals surface area (Å²) in [6.07, 6.45) is 1.57. The fraction of sp³-hybridized carbons (Fsp3) is 0.556. The number of sulfonamides is 1. The Morgan fingerprint density at radius 1 is 1.22 bits per heavy atom. The van der Waals surface area contributed by atoms with Crippen molar-refractivity contribution >= 4 is 21.9 Å². The number of esters is 1. The Labute approximate surface area is 159 Å². The van der Waals surface area contributed by atoms with Gasteiger partial charge < -0.3 is 14.8 Å². The summed E-state index contributed by atoms with van der Waals surface area (Å²) in [4.78, 5) is 23.9. The van der Waals surface area contributed by atoms with E-state index in [-0.39, 0.29) is 34.2 Å². The van der Waals surface area contributed by atoms with Crippen LogP contribution in [0.4, 0.5) is 0 Å². The summed E-state index contributed by atoms with van der Waals surface area (Å²) in [7, 11) is -2.46. The summed E-state index contributed by atoms with van der Waals surface area (Å²) in [6.45, 7) is 5.35. The minimum absolute atomic E-state index is 0.0247. The topological polar surface area (TPSA) is 111 Å². The number of hydrogen-bond donors (Lipinski definition) is 2. The number of nitrogens with one attached hydrogen (secondary N) is 2. The fourth-order valence-corrected chi connectivity index (χ4v) is 3.67. The third-order valence-corrected chi connectivity index (χ3v) is 5.85. The van der Waals surface area contributed by atoms with Gasteiger partial charge in [-0.1, -0.05) is 13.8 Å². The van der Waals surface area contributed by atoms with Gasteiger partial charge in [-0.05, 0) is 43.9 Å². The Bertz CT molecular complexity index is 802. The molecule has 1 aliphatic carbocycles. The van der Waals surface area contributed by atoms with Crippen molar-refractivity contribution in [3.05, 3.63) is 23.8 Å². The normalized spacial score (nSPS) is 15.3. The summed E-state index contributed by atoms with van der Waals surface area (Å²) in [5.41, 5.74) is 0.0247. The van der Waals surface area contributed by atoms with Gasteiger partial charge in [-0.2, -0.15) is 0 Å². The first-order chi connectivity index (χ1) is 12.6. The van der Waals surface area contributed by atoms with Gasteiger partial charge in [0, 0.05) is 12.1 Å². The van der Waals surface area contributed by atoms with Crippen LogP contribution in [0.25, 0.3) is 0 Å². The van der Waals surface area contributed by atoms with E-state index in [0.29, 0.717) is 0 Å². The molecule has 27 heavy (non-hydrogen) atoms. The van der Waals surface area contributed by atoms with Gasteiger partial charge in [0.15, 0.2) is 6.61 Å². The quantitative estimate of drug-likeness (QED) is 0.609. The molecule has 0 radical (unpaired) electrons. The van der Waals surface area contributed by atoms with Crippen molar-refractivity contribution in [3.63, 3.8) is 0 Å². The van der Waals surface area contributed by atoms with Crippen molar-refractivity contribution in [1.82, 2.24) is 10.0 Å². The van der Waals surface area contributed by atoms with E-state index in [4.69, 9.17) is 9.47 Å². The summed E-state index contributed by atoms with van der Waals surface area (Å²) in [5.74, 6) is -0.824. The number of amides is 1. The molecule has 1 aliphatic rings. The predicted octanol–water partition coefficient (Wildman–Crippen LogP) is 1.45. The molecule has 1 atom stereocenters. The Morgan fingerprint density at radius 3 is 2.44 bits per heavy atom. The first kappa shape index (κ1) is 21.2. The highest BCUT2D eigenvalue weighted by Crippen LogP contribution is 2.28. The molecule has 1 aromatic carbocycles. The summed E-state index contributed by atoms with van der Waals surface area (Å²) < 4.78 is 37.6. The summed E-state index contributed by atoms with van der Waals surface area (Å²) in [6, 6.07) is 3.84. The molecule has 0 spiro atoms. The molecular formula is C18H26N2O6S. The predicted molar refractivity (Wildman–Crippen MR) is 99.1 cm³/mol. The third-order valence-electron chi connectivity index (χ3n) is 4.31. The zero-order chi connectivity index (χ0) is 20.2. The van der Waals surface area contributed by atoms with Gasteiger partial charge in [-0.3, -0.25) is 4.79 Å². The second-order valence-corrected chi connectivity index (χ2v) is 8.62. The minimum atomic E-state index is -3.81. The lowest BCUT2D eigenvalue weighted by atomic mass is 10.1. The molecule has 2 rings (SSSR count). The molecular weight excluding hydrogens is 372 g/mol. The molecule has 1 amide bonds. The minimum Gasteiger partial charge on any atom is -0.495 e. The molecule has 0 aromatic heterocycles. The van der Waals surface area contributed by atoms with E-state index in [1.807, 2.05) is 20.8 Å². The van der Waals surface area contributed by atoms with Crippen molar-refractivity contribution < 1.29 is 27.5 Å². The standard InChI is InChI=1S/C18H26N2O6S/c1-11(2)12(3)19-17(21)10-26-18(22)13-5-8-15(25-4)16(9-13)27(23,24)20-14-6-7-14/h5,8-9,11-12,14,20H,6-7,10H2,1-4H3,(H,19,21)/t12-/m1/s1. The molecule has 2 N–H and O–H groups in total. The SMILES string of the molecule is COc1ccc(C(=O)OCC(=O)N[C@H](C)C(C)C)cc1S(=O)(=O)NC1CC1. The number of carbonyl (C=O) groups is 2. The Morgan fingerprint density at radius 2 is 1.89 bits per heavy atom. The fourth-order valence-electron chi connectivity index (χ4n) is 2.17. The van der Waals surface area contributed by atoms with Crippen LogP contribution in [0, 0.1) is 5.92 Å². The highest BCUT2D eigenvalue weighted by molar-refractivity contribution is 7.89. The smallest absolute Gasteiger partial charge is 0.338 e. The Hall–Kier alpha value is -2.13. The number of benzene rings is 1. The van der Waals surface area contributed by atoms with Crippen molar-refractivity contribution in [2.75, 3.05) is 13.7 Å². The summed E-state index contributed by atoms with van der Waals surface area (Å²) in [5, 5.41) is 2.73. The van der Waals surface area contributed by atoms with Gasteiger partial charge in [0.05, 0.1) is 12.7 Å². The van der Waals surface area contributed by atoms with Crippen LogP contribution in [0.1, 0.15) is 44.0 Å². The van der Waals surface area contributed by atoms with E-state index in [2.05, 4.69) is 10.0 Å². The second-order valence-electron chi connectivity index (χ2n) is 6.94. The van der Waals surface area contributed by atoms with Gasteiger partial charge in [-0.15, -0.1) is 0 Å². The molecule has 8 nitrogen and oxygen atoms in total. The average Bonchev–Trinajstić information content (AvgIpc) is 3.42. The molecule has 0 saturated heterocycles. The summed E-state index contributed by atoms with van der Waals surface area (Å²) >= 11 is 0. The molecule has 0 bridgehead atoms. The lowest BCUT2D eigenvalue weighted by Crippen LogP contribution is -2.38. The highest BCUT2D eigenvalue weighted by Gasteiger charge is 2.30. The lowest BCUT2D eigenvalue weighted by molar-refractivity contribution is -0.125. The first-order valence-corrected chi connectivity index (χ1v) is 10.3. The monoisotopic (exact) mass is 398 g/mol. The van der Waals surface area contributed by atoms with E-state index >= 15 is 0 Å². The van der Waals surface area contributed by atoms with Crippen LogP contribution in [0.5, 0.6) is 5.75 Å². The van der Waals surface area contributed by atoms with Crippen molar-refractivity contribution in [1.29, 1.82) is 0 Å². The van der Waals surface area contributed by atoms with Gasteiger partial charge in [0.25, 0.3) is 5.91 Å². The Kier molecular flexibility index (Phi) is 6.83. The van der Waals surface area contributed by atoms with E-state index in [9.17, 15) is 18.0 Å². The average molecular weight is 398 g/mol. The van der Waals surface area contributed by atoms with Crippen LogP contribution < -0.4 is 14.8 Å². The molecule has 0 aliphatic heterocycles. The Balaban J connectivity index is 2.08. The van der Waals surface area contributed by atoms with E-state index in [1.165, 1.54) is 25.3 Å². The first-order valence-electron chi connectivity index (χ1n) is 8.81. The number of methoxy groups -OCH3 is 1. The molecule has 0 unspecified atom stereocenters. The van der Waals surface area contributed by atoms with Gasteiger partial charge in [-0.25, -0.2) is 17.9 Å². The van der Waals surface area contributed by atoms with Crippen LogP contribution in [0.15, 0.2) is 23.1 Å². The zero-order valence-electron chi connectivity index (χ0n) is 15.9. The van der Waals surface area contributed by atoms with E-state index in [0.717, 1.165) is 12.8 Å². The molecule has 9 heteroatoms. The van der Waals surface area contributed by atoms with E-state index in [1.54, 1.807) is 0 Å². The third kappa shape index (κ3) is 5.93. The van der Waals surface area contributed by atoms with Crippen LogP contribution in [0.2, 0.25) is 0 Å². The van der Waals surface area contributed by atoms with Crippen molar-refractivity contribution in [2.24, 2.45) is 5.92 Å². The van der Waals surface area contributed by atoms with Crippen molar-refractivity contribution in [3.8, 4) is 5.75 Å². The molecule has 1 aromatic rings. The molecule has 150 valence electrons. The molecule has 1 fully saturated rings. The maximum atomic E-state index is 12.5. The maximum absolute atomic E-state index is 12.5. The van der Waals surface area contributed by atoms with Gasteiger partial charge in [0.2, 0.25) is 10.0 Å². The van der Waals surface area contributed by atoms with Crippen LogP contribution >= 0.6 is 0 Å². The number of rotatable bonds is 9. The largest absolute Gasteiger partial charge is 0.495 e. The van der Waals surface area contributed by atoms with Crippen LogP contribution in [-0.2, 0) is 19.6 Å². The lowest BCUT2D eigenvalue weighted by Gasteiger charge is -2.17. The van der Waals surface area contributed by atoms with Crippen LogP contribution in [0.3, 0.4) is 0 Å². The zero-order valence-corrected chi connectivity index (χ0v) is 16.8. The number of carbonyl (C=O) groups excluding carboxylic acids is 2. The second kappa shape index (κ2) is 8.71. The van der Waals surface area contributed by atoms with Crippen LogP contribution in [-0.4, -0.2) is 46.1 Å². The van der Waals surface area contributed by atoms with Gasteiger partial charge in [0.1, 0.15) is 10.6 Å². The van der Waals surface area contributed by atoms with Gasteiger partial charge >= 0.3 is 5.97 Å². The van der Waals surface area contributed by atoms with E-state index < -0.39 is 28.5 Å². The molecule has 1 saturated carbocycles. The maximum Gasteiger partial charge on any atom is 0.338 e. The van der Waals surface area contributed by atoms with Crippen molar-refractivity contribution in [2.45, 2.75) is 50.6 Å².